The van der Waals surface area contributed by atoms with Crippen LogP contribution in [0.4, 0.5) is 22.7 Å². The van der Waals surface area contributed by atoms with Gasteiger partial charge in [-0.25, -0.2) is 0 Å². The Morgan fingerprint density at radius 1 is 0.582 bits per heavy atom. The third kappa shape index (κ3) is 5.30. The lowest BCUT2D eigenvalue weighted by atomic mass is 9.98. The minimum Gasteiger partial charge on any atom is -0.309 e. The normalized spacial score (nSPS) is 12.1. The number of para-hydroxylation sites is 5. The number of hydrogen-bond acceptors (Lipinski definition) is 3. The third-order valence-corrected chi connectivity index (χ3v) is 10.7. The van der Waals surface area contributed by atoms with Gasteiger partial charge in [0.1, 0.15) is 0 Å². The molecule has 0 saturated heterocycles. The zero-order valence-electron chi connectivity index (χ0n) is 30.4. The molecule has 2 aromatic heterocycles. The lowest BCUT2D eigenvalue weighted by Gasteiger charge is -2.27. The molecule has 10 rings (SSSR count). The molecule has 55 heavy (non-hydrogen) atoms. The second-order valence-corrected chi connectivity index (χ2v) is 13.9. The number of nitrogens with zero attached hydrogens (tertiary/aromatic N) is 4. The summed E-state index contributed by atoms with van der Waals surface area (Å²) >= 11 is 0. The van der Waals surface area contributed by atoms with Crippen molar-refractivity contribution >= 4 is 57.3 Å². The van der Waals surface area contributed by atoms with E-state index in [1.165, 1.54) is 22.2 Å². The number of rotatable bonds is 6. The number of pyridine rings is 1. The van der Waals surface area contributed by atoms with Crippen molar-refractivity contribution in [2.45, 2.75) is 6.92 Å². The molecule has 0 aliphatic carbocycles. The summed E-state index contributed by atoms with van der Waals surface area (Å²) in [6.07, 6.45) is 6.09. The van der Waals surface area contributed by atoms with Gasteiger partial charge in [-0.2, -0.15) is 0 Å². The van der Waals surface area contributed by atoms with Crippen LogP contribution in [0.5, 0.6) is 0 Å². The first-order valence-corrected chi connectivity index (χ1v) is 18.6. The average molecular weight is 705 g/mol. The van der Waals surface area contributed by atoms with Crippen molar-refractivity contribution in [3.8, 4) is 50.3 Å². The molecule has 3 heterocycles. The first-order valence-electron chi connectivity index (χ1n) is 18.6. The fourth-order valence-corrected chi connectivity index (χ4v) is 8.30. The molecule has 0 bridgehead atoms. The van der Waals surface area contributed by atoms with E-state index in [1.54, 1.807) is 0 Å². The minimum atomic E-state index is 0.890. The number of fused-ring (bicyclic) bond motifs is 8. The summed E-state index contributed by atoms with van der Waals surface area (Å²) in [4.78, 5) is 11.6. The van der Waals surface area contributed by atoms with Crippen molar-refractivity contribution in [3.63, 3.8) is 0 Å². The van der Waals surface area contributed by atoms with E-state index >= 15 is 0 Å². The first kappa shape index (κ1) is 32.4. The molecular weight excluding hydrogens is 669 g/mol. The van der Waals surface area contributed by atoms with Gasteiger partial charge in [-0.1, -0.05) is 127 Å². The molecular formula is C51H36N4. The van der Waals surface area contributed by atoms with E-state index in [4.69, 9.17) is 4.98 Å². The van der Waals surface area contributed by atoms with Crippen LogP contribution >= 0.6 is 0 Å². The number of aliphatic imine (C=N–C) groups is 1. The van der Waals surface area contributed by atoms with Gasteiger partial charge in [-0.3, -0.25) is 9.98 Å². The van der Waals surface area contributed by atoms with Crippen LogP contribution in [0.25, 0.3) is 78.2 Å². The summed E-state index contributed by atoms with van der Waals surface area (Å²) in [5.74, 6) is 0. The molecule has 0 radical (unpaired) electrons. The summed E-state index contributed by atoms with van der Waals surface area (Å²) in [5, 5.41) is 2.35. The predicted molar refractivity (Wildman–Crippen MR) is 232 cm³/mol. The Bertz CT molecular complexity index is 2950. The predicted octanol–water partition coefficient (Wildman–Crippen LogP) is 14.0. The molecule has 0 unspecified atom stereocenters. The van der Waals surface area contributed by atoms with Gasteiger partial charge in [0.2, 0.25) is 0 Å². The van der Waals surface area contributed by atoms with E-state index in [0.29, 0.717) is 0 Å². The molecule has 0 atom stereocenters. The Kier molecular flexibility index (Phi) is 7.81. The highest BCUT2D eigenvalue weighted by Crippen LogP contribution is 2.54. The highest BCUT2D eigenvalue weighted by atomic mass is 15.2. The second-order valence-electron chi connectivity index (χ2n) is 13.9. The fraction of sp³-hybridized carbons (Fsp3) is 0.0196. The smallest absolute Gasteiger partial charge is 0.0772 e. The zero-order chi connectivity index (χ0) is 36.9. The van der Waals surface area contributed by atoms with E-state index in [-0.39, 0.29) is 0 Å². The largest absolute Gasteiger partial charge is 0.309 e. The number of hydrogen-bond donors (Lipinski definition) is 0. The molecule has 0 spiro atoms. The van der Waals surface area contributed by atoms with Crippen LogP contribution in [-0.4, -0.2) is 16.3 Å². The third-order valence-electron chi connectivity index (χ3n) is 10.7. The maximum atomic E-state index is 4.73. The zero-order valence-corrected chi connectivity index (χ0v) is 30.4. The molecule has 9 aromatic rings. The van der Waals surface area contributed by atoms with Gasteiger partial charge < -0.3 is 9.47 Å². The van der Waals surface area contributed by atoms with Crippen LogP contribution in [0.1, 0.15) is 12.5 Å². The molecule has 0 fully saturated rings. The molecule has 0 N–H and O–H groups in total. The van der Waals surface area contributed by atoms with Gasteiger partial charge in [0.25, 0.3) is 0 Å². The van der Waals surface area contributed by atoms with Crippen LogP contribution in [0, 0.1) is 0 Å². The van der Waals surface area contributed by atoms with Crippen LogP contribution < -0.4 is 4.90 Å². The van der Waals surface area contributed by atoms with Gasteiger partial charge in [-0.15, -0.1) is 0 Å². The Balaban J connectivity index is 1.15. The van der Waals surface area contributed by atoms with Crippen molar-refractivity contribution in [3.05, 3.63) is 188 Å². The molecule has 1 aliphatic rings. The number of benzene rings is 7. The molecule has 4 nitrogen and oxygen atoms in total. The molecule has 260 valence electrons. The first-order chi connectivity index (χ1) is 27.2. The van der Waals surface area contributed by atoms with Gasteiger partial charge >= 0.3 is 0 Å². The van der Waals surface area contributed by atoms with Gasteiger partial charge in [0.15, 0.2) is 0 Å². The molecule has 1 aliphatic heterocycles. The SMILES string of the molecule is C=Nc1c(/C=C\C)cccc1-c1ccc(-n2c3c(c4ccccc42)-c2ccccc2N(c2ccc(-c4cnc5ccccc5c4)cc2)c2ccccc2-3)cc1. The van der Waals surface area contributed by atoms with Crippen LogP contribution in [0.15, 0.2) is 187 Å². The summed E-state index contributed by atoms with van der Waals surface area (Å²) in [5.41, 5.74) is 17.7. The molecule has 7 aromatic carbocycles. The quantitative estimate of drug-likeness (QED) is 0.161. The number of anilines is 3. The van der Waals surface area contributed by atoms with E-state index < -0.39 is 0 Å². The number of aromatic nitrogens is 2. The highest BCUT2D eigenvalue weighted by Gasteiger charge is 2.31. The summed E-state index contributed by atoms with van der Waals surface area (Å²) in [6.45, 7) is 5.93. The maximum Gasteiger partial charge on any atom is 0.0772 e. The summed E-state index contributed by atoms with van der Waals surface area (Å²) in [6, 6.07) is 60.9. The topological polar surface area (TPSA) is 33.4 Å². The lowest BCUT2D eigenvalue weighted by molar-refractivity contribution is 1.13. The monoisotopic (exact) mass is 704 g/mol. The van der Waals surface area contributed by atoms with Gasteiger partial charge in [0, 0.05) is 61.7 Å². The van der Waals surface area contributed by atoms with E-state index in [9.17, 15) is 0 Å². The Morgan fingerprint density at radius 2 is 1.24 bits per heavy atom. The standard InChI is InChI=1S/C51H36N4/c1-3-13-36-15-12-19-41(50(36)52-2)35-26-30-40(31-27-35)55-47-22-10-6-17-43(47)49-42-16-5-9-21-46(42)54(48-23-11-7-18-44(48)51(49)55)39-28-24-34(25-29-39)38-32-37-14-4-8-20-45(37)53-33-38/h3-33H,2H2,1H3/b13-3-. The highest BCUT2D eigenvalue weighted by molar-refractivity contribution is 6.13. The minimum absolute atomic E-state index is 0.890. The molecule has 4 heteroatoms. The Morgan fingerprint density at radius 3 is 2.04 bits per heavy atom. The van der Waals surface area contributed by atoms with Crippen molar-refractivity contribution < 1.29 is 0 Å². The fourth-order valence-electron chi connectivity index (χ4n) is 8.30. The Labute approximate surface area is 320 Å². The average Bonchev–Trinajstić information content (AvgIpc) is 3.53. The van der Waals surface area contributed by atoms with Gasteiger partial charge in [0.05, 0.1) is 33.8 Å². The second kappa shape index (κ2) is 13.3. The molecule has 0 amide bonds. The lowest BCUT2D eigenvalue weighted by Crippen LogP contribution is -2.11. The van der Waals surface area contributed by atoms with Crippen molar-refractivity contribution in [1.82, 2.24) is 9.55 Å². The van der Waals surface area contributed by atoms with Crippen LogP contribution in [0.3, 0.4) is 0 Å². The van der Waals surface area contributed by atoms with E-state index in [2.05, 4.69) is 191 Å². The Hall–Kier alpha value is -7.30. The number of allylic oxidation sites excluding steroid dienone is 1. The maximum absolute atomic E-state index is 4.73. The van der Waals surface area contributed by atoms with Crippen LogP contribution in [0.2, 0.25) is 0 Å². The van der Waals surface area contributed by atoms with Crippen LogP contribution in [-0.2, 0) is 0 Å². The van der Waals surface area contributed by atoms with Crippen molar-refractivity contribution in [1.29, 1.82) is 0 Å². The summed E-state index contributed by atoms with van der Waals surface area (Å²) in [7, 11) is 0. The van der Waals surface area contributed by atoms with E-state index in [1.807, 2.05) is 25.3 Å². The van der Waals surface area contributed by atoms with Crippen molar-refractivity contribution in [2.75, 3.05) is 4.90 Å². The van der Waals surface area contributed by atoms with Crippen molar-refractivity contribution in [2.24, 2.45) is 4.99 Å². The molecule has 0 saturated carbocycles. The summed E-state index contributed by atoms with van der Waals surface area (Å²) < 4.78 is 2.44. The van der Waals surface area contributed by atoms with E-state index in [0.717, 1.165) is 78.2 Å². The van der Waals surface area contributed by atoms with Gasteiger partial charge in [-0.05, 0) is 79.4 Å².